The first-order chi connectivity index (χ1) is 44.7. The molecular formula is C76H84O19. The van der Waals surface area contributed by atoms with Gasteiger partial charge in [0.25, 0.3) is 0 Å². The molecule has 502 valence electrons. The quantitative estimate of drug-likeness (QED) is 0.0386. The molecule has 19 heteroatoms. The first-order valence-corrected chi connectivity index (χ1v) is 34.0. The van der Waals surface area contributed by atoms with Crippen LogP contribution in [0.4, 0.5) is 0 Å². The second kappa shape index (κ2) is 19.9. The van der Waals surface area contributed by atoms with Crippen LogP contribution < -0.4 is 9.47 Å². The fourth-order valence-electron chi connectivity index (χ4n) is 18.6. The van der Waals surface area contributed by atoms with Gasteiger partial charge >= 0.3 is 47.8 Å². The number of ether oxygens (including phenoxy) is 10. The molecule has 8 bridgehead atoms. The Morgan fingerprint density at radius 2 is 0.684 bits per heavy atom. The van der Waals surface area contributed by atoms with Crippen molar-refractivity contribution in [2.45, 2.75) is 221 Å². The summed E-state index contributed by atoms with van der Waals surface area (Å²) in [6.45, 7) is 26.7. The molecule has 1 aromatic heterocycles. The zero-order valence-electron chi connectivity index (χ0n) is 56.7. The molecule has 6 aliphatic carbocycles. The third-order valence-electron chi connectivity index (χ3n) is 27.3. The van der Waals surface area contributed by atoms with E-state index < -0.39 is 138 Å². The lowest BCUT2D eigenvalue weighted by Crippen LogP contribution is -2.49. The van der Waals surface area contributed by atoms with Crippen LogP contribution in [-0.4, -0.2) is 83.4 Å². The fourth-order valence-corrected chi connectivity index (χ4v) is 18.6. The number of hydrogen-bond donors (Lipinski definition) is 0. The van der Waals surface area contributed by atoms with Gasteiger partial charge in [0.1, 0.15) is 47.1 Å². The van der Waals surface area contributed by atoms with E-state index in [2.05, 4.69) is 0 Å². The Kier molecular flexibility index (Phi) is 13.2. The highest BCUT2D eigenvalue weighted by molar-refractivity contribution is 6.29. The largest absolute Gasteiger partial charge is 0.493 e. The standard InChI is InChI=1S/C76H84O19/c1-15-17-35-85-49-37-41-43(88-61(81)73-31-27-69(11,57(77)92-73)65(73,3)4)23-25-45(90-63(83)75-33-29-71(13,59(79)94-75)67(75,7)8)51(41)53-39(49)19-21-47-55(53)56-48(87-47)22-20-40-50(86-36-18-16-2)38-42-44(89-62(82)74-32-28-70(12,58(78)93-74)66(74,5)6)24-26-46(52(42)54(40)56)91-64(84)76-34-30-72(14,60(80)95-76)68(76,9)10/h19-26,37-38,43-46H,15-18,27-36H2,1-14H3/t43?,44?,45?,46?,69-,70-,71-,72-,73+,74+,75+,76+/m0/s1. The van der Waals surface area contributed by atoms with Gasteiger partial charge in [-0.3, -0.25) is 19.2 Å². The van der Waals surface area contributed by atoms with Gasteiger partial charge in [-0.25, -0.2) is 19.2 Å². The summed E-state index contributed by atoms with van der Waals surface area (Å²) in [5.74, 6) is -4.20. The van der Waals surface area contributed by atoms with Gasteiger partial charge in [-0.1, -0.05) is 82.1 Å². The highest BCUT2D eigenvalue weighted by Gasteiger charge is 2.80. The van der Waals surface area contributed by atoms with Gasteiger partial charge in [-0.15, -0.1) is 0 Å². The number of furan rings is 1. The van der Waals surface area contributed by atoms with Crippen molar-refractivity contribution in [3.63, 3.8) is 0 Å². The topological polar surface area (TPSA) is 242 Å². The molecule has 4 aromatic carbocycles. The molecule has 4 aliphatic heterocycles. The molecule has 15 rings (SSSR count). The maximum Gasteiger partial charge on any atom is 0.352 e. The van der Waals surface area contributed by atoms with Gasteiger partial charge in [-0.05, 0) is 153 Å². The van der Waals surface area contributed by atoms with Crippen LogP contribution in [0.5, 0.6) is 11.5 Å². The smallest absolute Gasteiger partial charge is 0.352 e. The van der Waals surface area contributed by atoms with Crippen molar-refractivity contribution < 1.29 is 90.1 Å². The van der Waals surface area contributed by atoms with E-state index in [-0.39, 0.29) is 38.9 Å². The number of hydrogen-bond acceptors (Lipinski definition) is 19. The average molecular weight is 1300 g/mol. The fraction of sp³-hybridized carbons (Fsp3) is 0.579. The van der Waals surface area contributed by atoms with Crippen LogP contribution in [0.3, 0.4) is 0 Å². The first-order valence-electron chi connectivity index (χ1n) is 34.0. The molecule has 0 amide bonds. The summed E-state index contributed by atoms with van der Waals surface area (Å²) in [7, 11) is 0. The second-order valence-corrected chi connectivity index (χ2v) is 31.8. The van der Waals surface area contributed by atoms with Crippen molar-refractivity contribution in [2.75, 3.05) is 13.2 Å². The van der Waals surface area contributed by atoms with Crippen LogP contribution >= 0.6 is 0 Å². The van der Waals surface area contributed by atoms with Crippen molar-refractivity contribution in [3.05, 3.63) is 83.0 Å². The van der Waals surface area contributed by atoms with E-state index in [9.17, 15) is 19.2 Å². The van der Waals surface area contributed by atoms with Crippen LogP contribution in [0, 0.1) is 43.3 Å². The lowest BCUT2D eigenvalue weighted by atomic mass is 9.66. The van der Waals surface area contributed by atoms with E-state index >= 15 is 19.2 Å². The predicted octanol–water partition coefficient (Wildman–Crippen LogP) is 14.2. The third-order valence-corrected chi connectivity index (χ3v) is 27.3. The Labute approximate surface area is 550 Å². The highest BCUT2D eigenvalue weighted by Crippen LogP contribution is 2.70. The van der Waals surface area contributed by atoms with E-state index in [1.165, 1.54) is 0 Å². The number of rotatable bonds is 16. The second-order valence-electron chi connectivity index (χ2n) is 31.8. The lowest BCUT2D eigenvalue weighted by molar-refractivity contribution is -0.187. The number of unbranched alkanes of at least 4 members (excludes halogenated alkanes) is 2. The van der Waals surface area contributed by atoms with Crippen LogP contribution in [0.1, 0.15) is 221 Å². The van der Waals surface area contributed by atoms with E-state index in [0.29, 0.717) is 116 Å². The molecule has 12 atom stereocenters. The lowest BCUT2D eigenvalue weighted by Gasteiger charge is -2.38. The molecule has 95 heavy (non-hydrogen) atoms. The number of carbonyl (C=O) groups excluding carboxylic acids is 8. The minimum Gasteiger partial charge on any atom is -0.493 e. The van der Waals surface area contributed by atoms with Gasteiger partial charge in [0.05, 0.1) is 34.9 Å². The van der Waals surface area contributed by atoms with Gasteiger partial charge in [0.15, 0.2) is 0 Å². The molecule has 5 aromatic rings. The van der Waals surface area contributed by atoms with Crippen molar-refractivity contribution in [1.82, 2.24) is 0 Å². The van der Waals surface area contributed by atoms with E-state index in [4.69, 9.17) is 51.8 Å². The van der Waals surface area contributed by atoms with Crippen LogP contribution in [-0.2, 0) is 76.3 Å². The summed E-state index contributed by atoms with van der Waals surface area (Å²) < 4.78 is 72.5. The van der Waals surface area contributed by atoms with Crippen LogP contribution in [0.25, 0.3) is 43.5 Å². The molecule has 4 saturated heterocycles. The minimum atomic E-state index is -1.67. The molecule has 10 aliphatic rings. The summed E-state index contributed by atoms with van der Waals surface area (Å²) in [6.07, 6.45) is 7.03. The minimum absolute atomic E-state index is 0.210. The third kappa shape index (κ3) is 7.43. The maximum atomic E-state index is 15.5. The molecule has 0 N–H and O–H groups in total. The zero-order valence-corrected chi connectivity index (χ0v) is 56.7. The number of benzene rings is 4. The molecular weight excluding hydrogens is 1220 g/mol. The van der Waals surface area contributed by atoms with Gasteiger partial charge in [-0.2, -0.15) is 0 Å². The van der Waals surface area contributed by atoms with Crippen molar-refractivity contribution in [3.8, 4) is 11.5 Å². The summed E-state index contributed by atoms with van der Waals surface area (Å²) in [6, 6.07) is 11.0. The zero-order chi connectivity index (χ0) is 67.8. The molecule has 0 radical (unpaired) electrons. The van der Waals surface area contributed by atoms with E-state index in [0.717, 1.165) is 12.8 Å². The maximum absolute atomic E-state index is 15.5. The normalized spacial score (nSPS) is 35.5. The molecule has 8 fully saturated rings. The Hall–Kier alpha value is -7.96. The Morgan fingerprint density at radius 1 is 0.400 bits per heavy atom. The molecule has 4 saturated carbocycles. The Morgan fingerprint density at radius 3 is 0.947 bits per heavy atom. The monoisotopic (exact) mass is 1300 g/mol. The van der Waals surface area contributed by atoms with Gasteiger partial charge < -0.3 is 51.8 Å². The van der Waals surface area contributed by atoms with E-state index in [1.807, 2.05) is 121 Å². The molecule has 0 spiro atoms. The Balaban J connectivity index is 0.997. The SMILES string of the molecule is CCCCOc1cc2c(c3c1ccc1oc4ccc5c(OCCCC)cc6c(c5c4c13)C(OC(=O)[C@@]13CC[C@@](C)(C(=O)O1)C3(C)C)C=CC6OC(=O)[C@@]13CC[C@@](C)(C(=O)O1)C3(C)C)C(OC(=O)[C@@]13CC[C@@](C)(C(=O)O1)C3(C)C)C=CC2OC(=O)[C@@]12CC[C@@](C)(C(=O)O1)C2(C)C. The van der Waals surface area contributed by atoms with Crippen LogP contribution in [0.15, 0.2) is 65.1 Å². The van der Waals surface area contributed by atoms with Crippen LogP contribution in [0.2, 0.25) is 0 Å². The predicted molar refractivity (Wildman–Crippen MR) is 343 cm³/mol. The average Bonchev–Trinajstić information content (AvgIpc) is 1.67. The van der Waals surface area contributed by atoms with Crippen molar-refractivity contribution in [2.24, 2.45) is 43.3 Å². The summed E-state index contributed by atoms with van der Waals surface area (Å²) in [4.78, 5) is 117. The number of carbonyl (C=O) groups is 8. The number of fused-ring (bicyclic) bond motifs is 19. The van der Waals surface area contributed by atoms with Crippen molar-refractivity contribution in [1.29, 1.82) is 0 Å². The molecule has 4 unspecified atom stereocenters. The summed E-state index contributed by atoms with van der Waals surface area (Å²) >= 11 is 0. The summed E-state index contributed by atoms with van der Waals surface area (Å²) in [5.41, 5.74) is -12.2. The van der Waals surface area contributed by atoms with E-state index in [1.54, 1.807) is 36.4 Å². The van der Waals surface area contributed by atoms with Gasteiger partial charge in [0, 0.05) is 76.2 Å². The molecule has 19 nitrogen and oxygen atoms in total. The Bertz CT molecular complexity index is 4130. The van der Waals surface area contributed by atoms with Crippen molar-refractivity contribution >= 4 is 91.2 Å². The highest BCUT2D eigenvalue weighted by atomic mass is 16.6. The first kappa shape index (κ1) is 63.1. The number of esters is 8. The molecule has 5 heterocycles. The van der Waals surface area contributed by atoms with Gasteiger partial charge in [0.2, 0.25) is 22.4 Å². The summed E-state index contributed by atoms with van der Waals surface area (Å²) in [5, 5.41) is 2.96.